The standard InChI is InChI=1S/2CH5Si.N.Zn/c2*1-2;;/h2*2H2,1H3;;/q2*-1;;+2. The van der Waals surface area contributed by atoms with Crippen LogP contribution in [0.25, 0.3) is 0 Å². The molecule has 4 heteroatoms. The zero-order valence-corrected chi connectivity index (χ0v) is 10.4. The van der Waals surface area contributed by atoms with Gasteiger partial charge in [-0.15, -0.1) is 0 Å². The van der Waals surface area contributed by atoms with Crippen molar-refractivity contribution in [2.24, 2.45) is 0 Å². The molecular formula is C2H10NSi2Zn. The van der Waals surface area contributed by atoms with Crippen LogP contribution < -0.4 is 6.15 Å². The minimum Gasteiger partial charge on any atom is -0.300 e. The number of nitrogens with zero attached hydrogens (tertiary/aromatic N) is 1. The van der Waals surface area contributed by atoms with Gasteiger partial charge in [0.25, 0.3) is 0 Å². The van der Waals surface area contributed by atoms with Crippen molar-refractivity contribution in [3.05, 3.63) is 0 Å². The molecule has 0 aromatic carbocycles. The first-order valence-corrected chi connectivity index (χ1v) is 4.24. The molecule has 0 unspecified atom stereocenters. The van der Waals surface area contributed by atoms with E-state index in [1.54, 1.807) is 0 Å². The molecule has 0 fully saturated rings. The van der Waals surface area contributed by atoms with Gasteiger partial charge in [-0.3, -0.25) is 0 Å². The van der Waals surface area contributed by atoms with Gasteiger partial charge in [0.1, 0.15) is 0 Å². The van der Waals surface area contributed by atoms with Gasteiger partial charge in [0.05, 0.1) is 0 Å². The Hall–Kier alpha value is 1.02. The van der Waals surface area contributed by atoms with Crippen molar-refractivity contribution < 1.29 is 19.5 Å². The summed E-state index contributed by atoms with van der Waals surface area (Å²) >= 11 is 0. The molecule has 0 rings (SSSR count). The molecule has 0 atom stereocenters. The first-order chi connectivity index (χ1) is 2.00. The molecule has 0 aliphatic rings. The van der Waals surface area contributed by atoms with Crippen LogP contribution in [0.15, 0.2) is 0 Å². The van der Waals surface area contributed by atoms with Gasteiger partial charge in [0.15, 0.2) is 0 Å². The largest absolute Gasteiger partial charge is 2.00 e. The molecule has 0 aromatic rings. The molecule has 0 heterocycles. The van der Waals surface area contributed by atoms with Gasteiger partial charge >= 0.3 is 19.5 Å². The topological polar surface area (TPSA) is 30.5 Å². The molecule has 33 valence electrons. The van der Waals surface area contributed by atoms with Crippen molar-refractivity contribution in [1.29, 1.82) is 0 Å². The second-order valence-electron chi connectivity index (χ2n) is 0. The summed E-state index contributed by atoms with van der Waals surface area (Å²) in [6, 6.07) is 0. The maximum Gasteiger partial charge on any atom is 2.00 e. The van der Waals surface area contributed by atoms with Crippen molar-refractivity contribution >= 4 is 20.5 Å². The molecule has 0 saturated heterocycles. The Balaban J connectivity index is -0.00000000500. The SMILES string of the molecule is C[SiH2-].C[SiH2-].[N].[Zn+2]. The first kappa shape index (κ1) is 27.9. The van der Waals surface area contributed by atoms with E-state index in [0.717, 1.165) is 0 Å². The molecular weight excluding hydrogens is 160 g/mol. The molecule has 0 saturated carbocycles. The summed E-state index contributed by atoms with van der Waals surface area (Å²) in [4.78, 5) is 0. The third kappa shape index (κ3) is 78.3. The predicted molar refractivity (Wildman–Crippen MR) is 30.9 cm³/mol. The fourth-order valence-corrected chi connectivity index (χ4v) is 0. The van der Waals surface area contributed by atoms with E-state index in [4.69, 9.17) is 0 Å². The maximum absolute atomic E-state index is 2.03. The Morgan fingerprint density at radius 2 is 0.833 bits per heavy atom. The fraction of sp³-hybridized carbons (Fsp3) is 1.00. The van der Waals surface area contributed by atoms with Crippen molar-refractivity contribution in [3.8, 4) is 0 Å². The van der Waals surface area contributed by atoms with Gasteiger partial charge in [-0.05, 0) is 0 Å². The quantitative estimate of drug-likeness (QED) is 0.411. The zero-order chi connectivity index (χ0) is 4.00. The van der Waals surface area contributed by atoms with E-state index < -0.39 is 0 Å². The minimum atomic E-state index is 0. The molecule has 0 aliphatic carbocycles. The smallest absolute Gasteiger partial charge is 0.300 e. The van der Waals surface area contributed by atoms with E-state index in [-0.39, 0.29) is 25.6 Å². The molecule has 0 amide bonds. The summed E-state index contributed by atoms with van der Waals surface area (Å²) in [6.07, 6.45) is 0. The maximum atomic E-state index is 2.03. The van der Waals surface area contributed by atoms with E-state index in [1.165, 1.54) is 0 Å². The molecule has 6 heavy (non-hydrogen) atoms. The third-order valence-electron chi connectivity index (χ3n) is 0. The molecule has 3 radical (unpaired) electrons. The number of hydrogen-bond acceptors (Lipinski definition) is 0. The Labute approximate surface area is 59.5 Å². The molecule has 0 spiro atoms. The van der Waals surface area contributed by atoms with Crippen molar-refractivity contribution in [2.45, 2.75) is 13.1 Å². The summed E-state index contributed by atoms with van der Waals surface area (Å²) in [5.41, 5.74) is 0. The van der Waals surface area contributed by atoms with Crippen LogP contribution in [-0.4, -0.2) is 20.5 Å². The monoisotopic (exact) mass is 168 g/mol. The van der Waals surface area contributed by atoms with Crippen LogP contribution in [0.5, 0.6) is 0 Å². The average molecular weight is 170 g/mol. The number of hydrogen-bond donors (Lipinski definition) is 0. The van der Waals surface area contributed by atoms with Crippen molar-refractivity contribution in [1.82, 2.24) is 6.15 Å². The Morgan fingerprint density at radius 1 is 0.833 bits per heavy atom. The van der Waals surface area contributed by atoms with Crippen LogP contribution in [0.4, 0.5) is 0 Å². The molecule has 0 N–H and O–H groups in total. The Bertz CT molecular complexity index is 11.5. The van der Waals surface area contributed by atoms with E-state index in [1.807, 2.05) is 33.6 Å². The Kier molecular flexibility index (Phi) is 681. The minimum absolute atomic E-state index is 0. The second kappa shape index (κ2) is 146. The van der Waals surface area contributed by atoms with Crippen LogP contribution in [0, 0.1) is 0 Å². The van der Waals surface area contributed by atoms with Gasteiger partial charge in [0.2, 0.25) is 0 Å². The molecule has 1 nitrogen and oxygen atoms in total. The average Bonchev–Trinajstić information content (AvgIpc) is 1.50. The first-order valence-electron chi connectivity index (χ1n) is 1.41. The second-order valence-corrected chi connectivity index (χ2v) is 0. The van der Waals surface area contributed by atoms with Gasteiger partial charge in [-0.2, -0.15) is 13.1 Å². The zero-order valence-electron chi connectivity index (χ0n) is 4.57. The van der Waals surface area contributed by atoms with Crippen LogP contribution >= 0.6 is 0 Å². The predicted octanol–water partition coefficient (Wildman–Crippen LogP) is -1.15. The van der Waals surface area contributed by atoms with Crippen LogP contribution in [-0.2, 0) is 19.5 Å². The molecule has 0 bridgehead atoms. The van der Waals surface area contributed by atoms with E-state index in [0.29, 0.717) is 0 Å². The van der Waals surface area contributed by atoms with Gasteiger partial charge < -0.3 is 20.5 Å². The van der Waals surface area contributed by atoms with Gasteiger partial charge in [-0.1, -0.05) is 0 Å². The Morgan fingerprint density at radius 3 is 0.833 bits per heavy atom. The summed E-state index contributed by atoms with van der Waals surface area (Å²) in [5, 5.41) is 0. The summed E-state index contributed by atoms with van der Waals surface area (Å²) in [6.45, 7) is 4.06. The third-order valence-corrected chi connectivity index (χ3v) is 0. The summed E-state index contributed by atoms with van der Waals surface area (Å²) in [7, 11) is 3.72. The van der Waals surface area contributed by atoms with Crippen LogP contribution in [0.3, 0.4) is 0 Å². The van der Waals surface area contributed by atoms with Crippen LogP contribution in [0.1, 0.15) is 0 Å². The normalized spacial score (nSPS) is 2.00. The number of rotatable bonds is 0. The van der Waals surface area contributed by atoms with Gasteiger partial charge in [0, 0.05) is 6.15 Å². The van der Waals surface area contributed by atoms with Crippen LogP contribution in [0.2, 0.25) is 13.1 Å². The van der Waals surface area contributed by atoms with Crippen molar-refractivity contribution in [2.75, 3.05) is 0 Å². The van der Waals surface area contributed by atoms with E-state index in [9.17, 15) is 0 Å². The summed E-state index contributed by atoms with van der Waals surface area (Å²) in [5.74, 6) is 0. The fourth-order valence-electron chi connectivity index (χ4n) is 0. The summed E-state index contributed by atoms with van der Waals surface area (Å²) < 4.78 is 0. The van der Waals surface area contributed by atoms with Crippen molar-refractivity contribution in [3.63, 3.8) is 0 Å². The molecule has 0 aromatic heterocycles. The van der Waals surface area contributed by atoms with Gasteiger partial charge in [-0.25, -0.2) is 0 Å². The van der Waals surface area contributed by atoms with E-state index in [2.05, 4.69) is 0 Å². The van der Waals surface area contributed by atoms with E-state index >= 15 is 0 Å². The molecule has 0 aliphatic heterocycles.